The van der Waals surface area contributed by atoms with Gasteiger partial charge in [-0.3, -0.25) is 14.9 Å². The monoisotopic (exact) mass is 312 g/mol. The molecule has 5 nitrogen and oxygen atoms in total. The second-order valence-electron chi connectivity index (χ2n) is 4.19. The molecule has 0 aliphatic carbocycles. The van der Waals surface area contributed by atoms with Crippen LogP contribution in [-0.4, -0.2) is 17.4 Å². The highest BCUT2D eigenvalue weighted by Gasteiger charge is 2.29. The molecule has 18 heavy (non-hydrogen) atoms. The lowest BCUT2D eigenvalue weighted by Crippen LogP contribution is -2.35. The van der Waals surface area contributed by atoms with E-state index in [-0.39, 0.29) is 11.6 Å². The molecule has 6 heteroatoms. The number of nitro benzene ring substituents is 1. The van der Waals surface area contributed by atoms with Gasteiger partial charge in [-0.05, 0) is 24.5 Å². The first-order valence-electron chi connectivity index (χ1n) is 5.81. The molecule has 0 N–H and O–H groups in total. The SMILES string of the molecule is CCC(=O)N1CCCc2cc(Br)cc([N+](=O)[O-])c21. The average molecular weight is 313 g/mol. The molecule has 0 saturated carbocycles. The highest BCUT2D eigenvalue weighted by Crippen LogP contribution is 2.38. The molecule has 96 valence electrons. The van der Waals surface area contributed by atoms with Crippen LogP contribution in [0.2, 0.25) is 0 Å². The highest BCUT2D eigenvalue weighted by molar-refractivity contribution is 9.10. The highest BCUT2D eigenvalue weighted by atomic mass is 79.9. The third kappa shape index (κ3) is 2.25. The van der Waals surface area contributed by atoms with Crippen molar-refractivity contribution in [2.75, 3.05) is 11.4 Å². The fourth-order valence-corrected chi connectivity index (χ4v) is 2.75. The summed E-state index contributed by atoms with van der Waals surface area (Å²) in [6.45, 7) is 2.32. The maximum atomic E-state index is 11.9. The minimum Gasteiger partial charge on any atom is -0.306 e. The molecule has 1 amide bonds. The van der Waals surface area contributed by atoms with Gasteiger partial charge in [-0.2, -0.15) is 0 Å². The van der Waals surface area contributed by atoms with E-state index < -0.39 is 4.92 Å². The van der Waals surface area contributed by atoms with Crippen molar-refractivity contribution in [2.45, 2.75) is 26.2 Å². The number of rotatable bonds is 2. The Morgan fingerprint density at radius 1 is 1.56 bits per heavy atom. The molecule has 1 aliphatic heterocycles. The summed E-state index contributed by atoms with van der Waals surface area (Å²) in [5.41, 5.74) is 1.34. The van der Waals surface area contributed by atoms with Crippen LogP contribution in [0.5, 0.6) is 0 Å². The first-order chi connectivity index (χ1) is 8.54. The van der Waals surface area contributed by atoms with Gasteiger partial charge in [-0.25, -0.2) is 0 Å². The van der Waals surface area contributed by atoms with Crippen LogP contribution in [0, 0.1) is 10.1 Å². The number of nitrogens with zero attached hydrogens (tertiary/aromatic N) is 2. The van der Waals surface area contributed by atoms with Crippen LogP contribution in [0.4, 0.5) is 11.4 Å². The van der Waals surface area contributed by atoms with Crippen molar-refractivity contribution < 1.29 is 9.72 Å². The van der Waals surface area contributed by atoms with Crippen LogP contribution in [-0.2, 0) is 11.2 Å². The van der Waals surface area contributed by atoms with Gasteiger partial charge >= 0.3 is 0 Å². The Balaban J connectivity index is 2.60. The zero-order valence-electron chi connectivity index (χ0n) is 9.98. The lowest BCUT2D eigenvalue weighted by atomic mass is 10.00. The molecule has 0 spiro atoms. The molecule has 0 aromatic heterocycles. The molecule has 1 aromatic rings. The van der Waals surface area contributed by atoms with E-state index in [0.717, 1.165) is 18.4 Å². The van der Waals surface area contributed by atoms with E-state index in [9.17, 15) is 14.9 Å². The number of halogens is 1. The van der Waals surface area contributed by atoms with Gasteiger partial charge in [0.2, 0.25) is 5.91 Å². The molecule has 0 radical (unpaired) electrons. The second-order valence-corrected chi connectivity index (χ2v) is 5.11. The Morgan fingerprint density at radius 3 is 2.89 bits per heavy atom. The van der Waals surface area contributed by atoms with E-state index in [4.69, 9.17) is 0 Å². The van der Waals surface area contributed by atoms with Gasteiger partial charge in [0.1, 0.15) is 5.69 Å². The van der Waals surface area contributed by atoms with E-state index in [1.165, 1.54) is 6.07 Å². The maximum absolute atomic E-state index is 11.9. The molecule has 2 rings (SSSR count). The standard InChI is InChI=1S/C12H13BrN2O3/c1-2-11(16)14-5-3-4-8-6-9(13)7-10(12(8)14)15(17)18/h6-7H,2-5H2,1H3. The van der Waals surface area contributed by atoms with Gasteiger partial charge in [0, 0.05) is 23.5 Å². The Bertz CT molecular complexity index is 516. The number of hydrogen-bond donors (Lipinski definition) is 0. The number of aryl methyl sites for hydroxylation is 1. The predicted molar refractivity (Wildman–Crippen MR) is 71.8 cm³/mol. The molecular formula is C12H13BrN2O3. The van der Waals surface area contributed by atoms with Gasteiger partial charge in [-0.15, -0.1) is 0 Å². The fourth-order valence-electron chi connectivity index (χ4n) is 2.26. The summed E-state index contributed by atoms with van der Waals surface area (Å²) in [5.74, 6) is -0.0682. The summed E-state index contributed by atoms with van der Waals surface area (Å²) in [5, 5.41) is 11.1. The first-order valence-corrected chi connectivity index (χ1v) is 6.61. The second kappa shape index (κ2) is 5.06. The molecule has 0 bridgehead atoms. The summed E-state index contributed by atoms with van der Waals surface area (Å²) in [6.07, 6.45) is 1.96. The smallest absolute Gasteiger partial charge is 0.294 e. The molecule has 0 unspecified atom stereocenters. The van der Waals surface area contributed by atoms with E-state index >= 15 is 0 Å². The minimum atomic E-state index is -0.426. The molecule has 1 heterocycles. The number of benzene rings is 1. The van der Waals surface area contributed by atoms with Crippen LogP contribution in [0.25, 0.3) is 0 Å². The van der Waals surface area contributed by atoms with Crippen molar-refractivity contribution in [3.05, 3.63) is 32.3 Å². The topological polar surface area (TPSA) is 63.5 Å². The van der Waals surface area contributed by atoms with Gasteiger partial charge in [-0.1, -0.05) is 22.9 Å². The number of anilines is 1. The van der Waals surface area contributed by atoms with Crippen LogP contribution in [0.3, 0.4) is 0 Å². The van der Waals surface area contributed by atoms with Crippen molar-refractivity contribution in [3.63, 3.8) is 0 Å². The molecular weight excluding hydrogens is 300 g/mol. The lowest BCUT2D eigenvalue weighted by Gasteiger charge is -2.29. The molecule has 1 aromatic carbocycles. The van der Waals surface area contributed by atoms with E-state index in [1.54, 1.807) is 11.8 Å². The van der Waals surface area contributed by atoms with Crippen molar-refractivity contribution in [1.82, 2.24) is 0 Å². The predicted octanol–water partition coefficient (Wildman–Crippen LogP) is 3.05. The van der Waals surface area contributed by atoms with Crippen molar-refractivity contribution in [3.8, 4) is 0 Å². The van der Waals surface area contributed by atoms with Crippen LogP contribution < -0.4 is 4.90 Å². The Kier molecular flexibility index (Phi) is 3.65. The van der Waals surface area contributed by atoms with Gasteiger partial charge in [0.05, 0.1) is 4.92 Å². The van der Waals surface area contributed by atoms with Gasteiger partial charge in [0.15, 0.2) is 0 Å². The Morgan fingerprint density at radius 2 is 2.28 bits per heavy atom. The van der Waals surface area contributed by atoms with Crippen molar-refractivity contribution in [1.29, 1.82) is 0 Å². The molecule has 1 aliphatic rings. The van der Waals surface area contributed by atoms with E-state index in [1.807, 2.05) is 6.07 Å². The van der Waals surface area contributed by atoms with Crippen LogP contribution in [0.15, 0.2) is 16.6 Å². The lowest BCUT2D eigenvalue weighted by molar-refractivity contribution is -0.384. The summed E-state index contributed by atoms with van der Waals surface area (Å²) in [7, 11) is 0. The zero-order valence-corrected chi connectivity index (χ0v) is 11.6. The number of carbonyl (C=O) groups is 1. The average Bonchev–Trinajstić information content (AvgIpc) is 2.35. The third-order valence-electron chi connectivity index (χ3n) is 3.03. The number of fused-ring (bicyclic) bond motifs is 1. The fraction of sp³-hybridized carbons (Fsp3) is 0.417. The summed E-state index contributed by atoms with van der Waals surface area (Å²) < 4.78 is 0.679. The number of amides is 1. The maximum Gasteiger partial charge on any atom is 0.294 e. The first kappa shape index (κ1) is 13.0. The van der Waals surface area contributed by atoms with Crippen LogP contribution >= 0.6 is 15.9 Å². The largest absolute Gasteiger partial charge is 0.306 e. The Labute approximate surface area is 113 Å². The molecule has 0 saturated heterocycles. The number of hydrogen-bond acceptors (Lipinski definition) is 3. The molecule has 0 atom stereocenters. The number of nitro groups is 1. The van der Waals surface area contributed by atoms with Gasteiger partial charge in [0.25, 0.3) is 5.69 Å². The third-order valence-corrected chi connectivity index (χ3v) is 3.49. The minimum absolute atomic E-state index is 0.000810. The van der Waals surface area contributed by atoms with Crippen LogP contribution in [0.1, 0.15) is 25.3 Å². The van der Waals surface area contributed by atoms with Crippen molar-refractivity contribution in [2.24, 2.45) is 0 Å². The zero-order chi connectivity index (χ0) is 13.3. The van der Waals surface area contributed by atoms with Gasteiger partial charge < -0.3 is 4.90 Å². The summed E-state index contributed by atoms with van der Waals surface area (Å²) in [4.78, 5) is 24.1. The normalized spacial score (nSPS) is 14.2. The quantitative estimate of drug-likeness (QED) is 0.623. The summed E-state index contributed by atoms with van der Waals surface area (Å²) >= 11 is 3.28. The Hall–Kier alpha value is -1.43. The van der Waals surface area contributed by atoms with Crippen molar-refractivity contribution >= 4 is 33.2 Å². The number of carbonyl (C=O) groups excluding carboxylic acids is 1. The molecule has 0 fully saturated rings. The van der Waals surface area contributed by atoms with E-state index in [0.29, 0.717) is 23.1 Å². The summed E-state index contributed by atoms with van der Waals surface area (Å²) in [6, 6.07) is 3.32. The van der Waals surface area contributed by atoms with E-state index in [2.05, 4.69) is 15.9 Å².